The molecule has 0 aliphatic heterocycles. The molecule has 0 saturated carbocycles. The third-order valence-electron chi connectivity index (χ3n) is 3.53. The van der Waals surface area contributed by atoms with Gasteiger partial charge in [-0.1, -0.05) is 18.2 Å². The number of benzene rings is 2. The Balaban J connectivity index is 1.99. The van der Waals surface area contributed by atoms with Crippen LogP contribution in [0.15, 0.2) is 48.5 Å². The fourth-order valence-electron chi connectivity index (χ4n) is 2.12. The number of hydrogen-bond acceptors (Lipinski definition) is 3. The van der Waals surface area contributed by atoms with Crippen LogP contribution in [0.4, 0.5) is 11.4 Å². The highest BCUT2D eigenvalue weighted by Crippen LogP contribution is 2.14. The van der Waals surface area contributed by atoms with Gasteiger partial charge in [0, 0.05) is 51.7 Å². The van der Waals surface area contributed by atoms with E-state index in [4.69, 9.17) is 0 Å². The van der Waals surface area contributed by atoms with Crippen molar-refractivity contribution in [3.05, 3.63) is 59.7 Å². The second-order valence-corrected chi connectivity index (χ2v) is 5.69. The summed E-state index contributed by atoms with van der Waals surface area (Å²) in [6.07, 6.45) is 0. The van der Waals surface area contributed by atoms with E-state index >= 15 is 0 Å². The van der Waals surface area contributed by atoms with Crippen molar-refractivity contribution in [2.45, 2.75) is 6.54 Å². The lowest BCUT2D eigenvalue weighted by Crippen LogP contribution is -2.23. The van der Waals surface area contributed by atoms with Crippen molar-refractivity contribution in [3.63, 3.8) is 0 Å². The maximum absolute atomic E-state index is 12.2. The Morgan fingerprint density at radius 2 is 1.55 bits per heavy atom. The fourth-order valence-corrected chi connectivity index (χ4v) is 2.12. The third-order valence-corrected chi connectivity index (χ3v) is 3.53. The van der Waals surface area contributed by atoms with Gasteiger partial charge >= 0.3 is 0 Å². The van der Waals surface area contributed by atoms with E-state index in [0.717, 1.165) is 16.9 Å². The van der Waals surface area contributed by atoms with Crippen LogP contribution in [0, 0.1) is 0 Å². The number of nitrogens with one attached hydrogen (secondary N) is 1. The molecule has 0 aliphatic carbocycles. The highest BCUT2D eigenvalue weighted by Gasteiger charge is 2.07. The van der Waals surface area contributed by atoms with Gasteiger partial charge in [0.25, 0.3) is 5.91 Å². The summed E-state index contributed by atoms with van der Waals surface area (Å²) in [5, 5.41) is 2.96. The Labute approximate surface area is 132 Å². The van der Waals surface area contributed by atoms with E-state index < -0.39 is 0 Å². The van der Waals surface area contributed by atoms with E-state index in [1.54, 1.807) is 0 Å². The molecule has 0 aliphatic rings. The second kappa shape index (κ2) is 6.98. The lowest BCUT2D eigenvalue weighted by Gasteiger charge is -2.14. The molecule has 0 saturated heterocycles. The van der Waals surface area contributed by atoms with Crippen molar-refractivity contribution in [1.82, 2.24) is 5.32 Å². The molecule has 1 N–H and O–H groups in total. The van der Waals surface area contributed by atoms with Gasteiger partial charge < -0.3 is 15.1 Å². The molecule has 0 fully saturated rings. The number of nitrogens with zero attached hydrogens (tertiary/aromatic N) is 2. The number of carbonyl (C=O) groups is 1. The van der Waals surface area contributed by atoms with E-state index in [1.165, 1.54) is 0 Å². The van der Waals surface area contributed by atoms with Gasteiger partial charge in [-0.3, -0.25) is 4.79 Å². The molecular weight excluding hydrogens is 274 g/mol. The molecular formula is C18H23N3O. The van der Waals surface area contributed by atoms with Crippen molar-refractivity contribution in [1.29, 1.82) is 0 Å². The number of hydrogen-bond donors (Lipinski definition) is 1. The summed E-state index contributed by atoms with van der Waals surface area (Å²) >= 11 is 0. The molecule has 0 bridgehead atoms. The smallest absolute Gasteiger partial charge is 0.251 e. The minimum atomic E-state index is -0.0552. The first-order valence-corrected chi connectivity index (χ1v) is 7.29. The molecule has 4 nitrogen and oxygen atoms in total. The van der Waals surface area contributed by atoms with Crippen LogP contribution in [0.2, 0.25) is 0 Å². The SMILES string of the molecule is CN(C)c1ccc(CNC(=O)c2cccc(N(C)C)c2)cc1. The molecule has 0 radical (unpaired) electrons. The monoisotopic (exact) mass is 297 g/mol. The average Bonchev–Trinajstić information content (AvgIpc) is 2.53. The van der Waals surface area contributed by atoms with Crippen LogP contribution >= 0.6 is 0 Å². The second-order valence-electron chi connectivity index (χ2n) is 5.69. The van der Waals surface area contributed by atoms with E-state index in [2.05, 4.69) is 10.2 Å². The lowest BCUT2D eigenvalue weighted by atomic mass is 10.1. The minimum absolute atomic E-state index is 0.0552. The highest BCUT2D eigenvalue weighted by atomic mass is 16.1. The largest absolute Gasteiger partial charge is 0.378 e. The van der Waals surface area contributed by atoms with Crippen LogP contribution in [0.5, 0.6) is 0 Å². The van der Waals surface area contributed by atoms with Crippen LogP contribution in [-0.4, -0.2) is 34.1 Å². The Bertz CT molecular complexity index is 633. The molecule has 2 aromatic rings. The molecule has 0 atom stereocenters. The summed E-state index contributed by atoms with van der Waals surface area (Å²) in [4.78, 5) is 16.3. The quantitative estimate of drug-likeness (QED) is 0.922. The topological polar surface area (TPSA) is 35.6 Å². The molecule has 0 spiro atoms. The summed E-state index contributed by atoms with van der Waals surface area (Å²) in [5.74, 6) is -0.0552. The number of amides is 1. The minimum Gasteiger partial charge on any atom is -0.378 e. The summed E-state index contributed by atoms with van der Waals surface area (Å²) in [6, 6.07) is 15.8. The summed E-state index contributed by atoms with van der Waals surface area (Å²) in [5.41, 5.74) is 3.93. The molecule has 0 aromatic heterocycles. The number of carbonyl (C=O) groups excluding carboxylic acids is 1. The Morgan fingerprint density at radius 1 is 0.909 bits per heavy atom. The van der Waals surface area contributed by atoms with Gasteiger partial charge in [0.1, 0.15) is 0 Å². The van der Waals surface area contributed by atoms with E-state index in [9.17, 15) is 4.79 Å². The number of rotatable bonds is 5. The molecule has 116 valence electrons. The van der Waals surface area contributed by atoms with Crippen LogP contribution in [0.25, 0.3) is 0 Å². The maximum Gasteiger partial charge on any atom is 0.251 e. The molecule has 0 heterocycles. The standard InChI is InChI=1S/C18H23N3O/c1-20(2)16-10-8-14(9-11-16)13-19-18(22)15-6-5-7-17(12-15)21(3)4/h5-12H,13H2,1-4H3,(H,19,22). The van der Waals surface area contributed by atoms with Gasteiger partial charge in [-0.15, -0.1) is 0 Å². The van der Waals surface area contributed by atoms with Gasteiger partial charge in [-0.25, -0.2) is 0 Å². The van der Waals surface area contributed by atoms with Crippen molar-refractivity contribution in [3.8, 4) is 0 Å². The Morgan fingerprint density at radius 3 is 2.14 bits per heavy atom. The zero-order valence-electron chi connectivity index (χ0n) is 13.6. The summed E-state index contributed by atoms with van der Waals surface area (Å²) in [6.45, 7) is 0.527. The van der Waals surface area contributed by atoms with Crippen LogP contribution < -0.4 is 15.1 Å². The fraction of sp³-hybridized carbons (Fsp3) is 0.278. The first kappa shape index (κ1) is 15.9. The van der Waals surface area contributed by atoms with Crippen molar-refractivity contribution >= 4 is 17.3 Å². The summed E-state index contributed by atoms with van der Waals surface area (Å²) < 4.78 is 0. The maximum atomic E-state index is 12.2. The van der Waals surface area contributed by atoms with E-state index in [0.29, 0.717) is 12.1 Å². The molecule has 22 heavy (non-hydrogen) atoms. The Kier molecular flexibility index (Phi) is 5.04. The molecule has 1 amide bonds. The van der Waals surface area contributed by atoms with Gasteiger partial charge in [-0.05, 0) is 35.9 Å². The van der Waals surface area contributed by atoms with Gasteiger partial charge in [0.15, 0.2) is 0 Å². The molecule has 2 aromatic carbocycles. The van der Waals surface area contributed by atoms with Gasteiger partial charge in [0.2, 0.25) is 0 Å². The first-order valence-electron chi connectivity index (χ1n) is 7.29. The summed E-state index contributed by atoms with van der Waals surface area (Å²) in [7, 11) is 7.94. The predicted octanol–water partition coefficient (Wildman–Crippen LogP) is 2.75. The van der Waals surface area contributed by atoms with Crippen LogP contribution in [0.1, 0.15) is 15.9 Å². The normalized spacial score (nSPS) is 10.2. The van der Waals surface area contributed by atoms with Crippen LogP contribution in [0.3, 0.4) is 0 Å². The highest BCUT2D eigenvalue weighted by molar-refractivity contribution is 5.95. The van der Waals surface area contributed by atoms with Crippen molar-refractivity contribution < 1.29 is 4.79 Å². The third kappa shape index (κ3) is 4.01. The molecule has 4 heteroatoms. The first-order chi connectivity index (χ1) is 10.5. The Hall–Kier alpha value is -2.49. The van der Waals surface area contributed by atoms with E-state index in [-0.39, 0.29) is 5.91 Å². The van der Waals surface area contributed by atoms with E-state index in [1.807, 2.05) is 81.6 Å². The van der Waals surface area contributed by atoms with Crippen molar-refractivity contribution in [2.75, 3.05) is 38.0 Å². The zero-order valence-corrected chi connectivity index (χ0v) is 13.6. The van der Waals surface area contributed by atoms with Crippen molar-refractivity contribution in [2.24, 2.45) is 0 Å². The molecule has 0 unspecified atom stereocenters. The van der Waals surface area contributed by atoms with Gasteiger partial charge in [0.05, 0.1) is 0 Å². The lowest BCUT2D eigenvalue weighted by molar-refractivity contribution is 0.0951. The average molecular weight is 297 g/mol. The predicted molar refractivity (Wildman–Crippen MR) is 92.7 cm³/mol. The molecule has 2 rings (SSSR count). The van der Waals surface area contributed by atoms with Gasteiger partial charge in [-0.2, -0.15) is 0 Å². The van der Waals surface area contributed by atoms with Crippen LogP contribution in [-0.2, 0) is 6.54 Å². The number of anilines is 2. The zero-order chi connectivity index (χ0) is 16.1.